The second-order valence-corrected chi connectivity index (χ2v) is 6.31. The summed E-state index contributed by atoms with van der Waals surface area (Å²) < 4.78 is 10.2. The lowest BCUT2D eigenvalue weighted by molar-refractivity contribution is -0.145. The predicted octanol–water partition coefficient (Wildman–Crippen LogP) is 2.16. The van der Waals surface area contributed by atoms with E-state index in [1.807, 2.05) is 42.5 Å². The molecule has 6 nitrogen and oxygen atoms in total. The maximum atomic E-state index is 12.4. The van der Waals surface area contributed by atoms with Gasteiger partial charge in [0.25, 0.3) is 0 Å². The minimum Gasteiger partial charge on any atom is -0.482 e. The average molecular weight is 370 g/mol. The topological polar surface area (TPSA) is 90.6 Å². The molecule has 0 heterocycles. The van der Waals surface area contributed by atoms with Crippen molar-refractivity contribution in [1.29, 1.82) is 0 Å². The lowest BCUT2D eigenvalue weighted by atomic mass is 9.92. The number of amides is 1. The van der Waals surface area contributed by atoms with Crippen molar-refractivity contribution in [3.05, 3.63) is 65.7 Å². The van der Waals surface area contributed by atoms with Crippen LogP contribution in [0.4, 0.5) is 0 Å². The van der Waals surface area contributed by atoms with Crippen molar-refractivity contribution in [2.75, 3.05) is 19.8 Å². The van der Waals surface area contributed by atoms with Gasteiger partial charge >= 0.3 is 5.97 Å². The van der Waals surface area contributed by atoms with Crippen LogP contribution in [0.25, 0.3) is 0 Å². The first-order valence-corrected chi connectivity index (χ1v) is 8.93. The summed E-state index contributed by atoms with van der Waals surface area (Å²) in [5.41, 5.74) is 6.92. The van der Waals surface area contributed by atoms with Crippen LogP contribution < -0.4 is 15.8 Å². The Balaban J connectivity index is 1.79. The Labute approximate surface area is 159 Å². The number of ether oxygens (including phenoxy) is 2. The first-order chi connectivity index (χ1) is 12.9. The van der Waals surface area contributed by atoms with E-state index in [0.717, 1.165) is 11.1 Å². The molecule has 0 fully saturated rings. The summed E-state index contributed by atoms with van der Waals surface area (Å²) in [7, 11) is 0. The fourth-order valence-corrected chi connectivity index (χ4v) is 2.52. The van der Waals surface area contributed by atoms with E-state index >= 15 is 0 Å². The lowest BCUT2D eigenvalue weighted by Crippen LogP contribution is -2.49. The van der Waals surface area contributed by atoms with Gasteiger partial charge in [0.1, 0.15) is 11.3 Å². The fourth-order valence-electron chi connectivity index (χ4n) is 2.52. The summed E-state index contributed by atoms with van der Waals surface area (Å²) >= 11 is 0. The van der Waals surface area contributed by atoms with Gasteiger partial charge in [-0.25, -0.2) is 4.79 Å². The summed E-state index contributed by atoms with van der Waals surface area (Å²) in [6.45, 7) is 4.14. The smallest absolute Gasteiger partial charge is 0.344 e. The SMILES string of the molecule is CCOC(=O)COc1ccc(CCNC(=O)C(C)(N)c2ccccc2)cc1. The van der Waals surface area contributed by atoms with Crippen LogP contribution in [0.1, 0.15) is 25.0 Å². The van der Waals surface area contributed by atoms with Crippen LogP contribution in [0.5, 0.6) is 5.75 Å². The molecule has 1 atom stereocenters. The fraction of sp³-hybridized carbons (Fsp3) is 0.333. The summed E-state index contributed by atoms with van der Waals surface area (Å²) in [6, 6.07) is 16.6. The number of benzene rings is 2. The van der Waals surface area contributed by atoms with Crippen LogP contribution in [0.3, 0.4) is 0 Å². The van der Waals surface area contributed by atoms with Gasteiger partial charge in [-0.2, -0.15) is 0 Å². The summed E-state index contributed by atoms with van der Waals surface area (Å²) in [5.74, 6) is -0.0231. The molecule has 2 aromatic rings. The van der Waals surface area contributed by atoms with E-state index in [2.05, 4.69) is 5.32 Å². The molecule has 2 rings (SSSR count). The largest absolute Gasteiger partial charge is 0.482 e. The van der Waals surface area contributed by atoms with Crippen LogP contribution in [0.2, 0.25) is 0 Å². The molecule has 27 heavy (non-hydrogen) atoms. The molecule has 3 N–H and O–H groups in total. The van der Waals surface area contributed by atoms with E-state index in [-0.39, 0.29) is 12.5 Å². The van der Waals surface area contributed by atoms with Gasteiger partial charge in [-0.3, -0.25) is 4.79 Å². The van der Waals surface area contributed by atoms with E-state index in [9.17, 15) is 9.59 Å². The highest BCUT2D eigenvalue weighted by molar-refractivity contribution is 5.86. The molecule has 144 valence electrons. The van der Waals surface area contributed by atoms with Crippen LogP contribution >= 0.6 is 0 Å². The van der Waals surface area contributed by atoms with Crippen molar-refractivity contribution in [2.24, 2.45) is 5.73 Å². The molecule has 0 aliphatic rings. The third kappa shape index (κ3) is 6.11. The third-order valence-electron chi connectivity index (χ3n) is 4.13. The highest BCUT2D eigenvalue weighted by Crippen LogP contribution is 2.17. The number of hydrogen-bond donors (Lipinski definition) is 2. The molecule has 0 aromatic heterocycles. The van der Waals surface area contributed by atoms with Crippen molar-refractivity contribution in [3.63, 3.8) is 0 Å². The number of carbonyl (C=O) groups excluding carboxylic acids is 2. The second-order valence-electron chi connectivity index (χ2n) is 6.31. The molecular weight excluding hydrogens is 344 g/mol. The number of rotatable bonds is 9. The molecule has 1 amide bonds. The standard InChI is InChI=1S/C21H26N2O4/c1-3-26-19(24)15-27-18-11-9-16(10-12-18)13-14-23-20(25)21(2,22)17-7-5-4-6-8-17/h4-12H,3,13-15,22H2,1-2H3,(H,23,25). The van der Waals surface area contributed by atoms with Crippen LogP contribution in [-0.4, -0.2) is 31.6 Å². The maximum Gasteiger partial charge on any atom is 0.344 e. The number of esters is 1. The zero-order valence-corrected chi connectivity index (χ0v) is 15.7. The Kier molecular flexibility index (Phi) is 7.37. The Morgan fingerprint density at radius 2 is 1.74 bits per heavy atom. The van der Waals surface area contributed by atoms with Gasteiger partial charge in [-0.15, -0.1) is 0 Å². The minimum atomic E-state index is -1.08. The van der Waals surface area contributed by atoms with Crippen LogP contribution in [-0.2, 0) is 26.3 Å². The molecule has 6 heteroatoms. The second kappa shape index (κ2) is 9.73. The zero-order valence-electron chi connectivity index (χ0n) is 15.7. The van der Waals surface area contributed by atoms with Crippen molar-refractivity contribution in [1.82, 2.24) is 5.32 Å². The highest BCUT2D eigenvalue weighted by Gasteiger charge is 2.29. The molecular formula is C21H26N2O4. The van der Waals surface area contributed by atoms with Gasteiger partial charge in [0, 0.05) is 6.54 Å². The molecule has 0 bridgehead atoms. The minimum absolute atomic E-state index is 0.113. The van der Waals surface area contributed by atoms with Gasteiger partial charge < -0.3 is 20.5 Å². The molecule has 1 unspecified atom stereocenters. The monoisotopic (exact) mass is 370 g/mol. The Morgan fingerprint density at radius 3 is 2.37 bits per heavy atom. The Hall–Kier alpha value is -2.86. The number of nitrogens with two attached hydrogens (primary N) is 1. The van der Waals surface area contributed by atoms with Crippen molar-refractivity contribution < 1.29 is 19.1 Å². The highest BCUT2D eigenvalue weighted by atomic mass is 16.6. The summed E-state index contributed by atoms with van der Waals surface area (Å²) in [5, 5.41) is 2.88. The zero-order chi connectivity index (χ0) is 19.7. The van der Waals surface area contributed by atoms with Gasteiger partial charge in [0.15, 0.2) is 6.61 Å². The van der Waals surface area contributed by atoms with Gasteiger partial charge in [-0.1, -0.05) is 42.5 Å². The van der Waals surface area contributed by atoms with Crippen molar-refractivity contribution in [3.8, 4) is 5.75 Å². The number of hydrogen-bond acceptors (Lipinski definition) is 5. The maximum absolute atomic E-state index is 12.4. The molecule has 2 aromatic carbocycles. The van der Waals surface area contributed by atoms with E-state index in [4.69, 9.17) is 15.2 Å². The Bertz CT molecular complexity index is 743. The number of carbonyl (C=O) groups is 2. The van der Waals surface area contributed by atoms with E-state index in [1.165, 1.54) is 0 Å². The van der Waals surface area contributed by atoms with E-state index in [1.54, 1.807) is 26.0 Å². The molecule has 0 saturated heterocycles. The first-order valence-electron chi connectivity index (χ1n) is 8.93. The summed E-state index contributed by atoms with van der Waals surface area (Å²) in [4.78, 5) is 23.7. The molecule has 0 radical (unpaired) electrons. The molecule has 0 spiro atoms. The van der Waals surface area contributed by atoms with Crippen molar-refractivity contribution in [2.45, 2.75) is 25.8 Å². The lowest BCUT2D eigenvalue weighted by Gasteiger charge is -2.24. The van der Waals surface area contributed by atoms with Crippen LogP contribution in [0.15, 0.2) is 54.6 Å². The van der Waals surface area contributed by atoms with Gasteiger partial charge in [0.05, 0.1) is 6.61 Å². The van der Waals surface area contributed by atoms with Gasteiger partial charge in [0.2, 0.25) is 5.91 Å². The normalized spacial score (nSPS) is 12.7. The predicted molar refractivity (Wildman–Crippen MR) is 103 cm³/mol. The van der Waals surface area contributed by atoms with Crippen LogP contribution in [0, 0.1) is 0 Å². The quantitative estimate of drug-likeness (QED) is 0.660. The summed E-state index contributed by atoms with van der Waals surface area (Å²) in [6.07, 6.45) is 0.661. The first kappa shape index (κ1) is 20.5. The van der Waals surface area contributed by atoms with E-state index < -0.39 is 11.5 Å². The third-order valence-corrected chi connectivity index (χ3v) is 4.13. The van der Waals surface area contributed by atoms with Crippen molar-refractivity contribution >= 4 is 11.9 Å². The Morgan fingerprint density at radius 1 is 1.07 bits per heavy atom. The molecule has 0 aliphatic carbocycles. The number of nitrogens with one attached hydrogen (secondary N) is 1. The van der Waals surface area contributed by atoms with Gasteiger partial charge in [-0.05, 0) is 43.5 Å². The average Bonchev–Trinajstić information content (AvgIpc) is 2.68. The molecule has 0 aliphatic heterocycles. The van der Waals surface area contributed by atoms with E-state index in [0.29, 0.717) is 25.3 Å². The molecule has 0 saturated carbocycles.